The van der Waals surface area contributed by atoms with Crippen molar-refractivity contribution in [3.8, 4) is 11.3 Å². The van der Waals surface area contributed by atoms with Crippen LogP contribution >= 0.6 is 11.3 Å². The van der Waals surface area contributed by atoms with Gasteiger partial charge in [-0.15, -0.1) is 11.3 Å². The van der Waals surface area contributed by atoms with Crippen molar-refractivity contribution in [1.82, 2.24) is 19.7 Å². The smallest absolute Gasteiger partial charge is 0.410 e. The van der Waals surface area contributed by atoms with Crippen LogP contribution in [0.5, 0.6) is 0 Å². The van der Waals surface area contributed by atoms with Gasteiger partial charge in [0, 0.05) is 55.1 Å². The summed E-state index contributed by atoms with van der Waals surface area (Å²) < 4.78 is 5.65. The summed E-state index contributed by atoms with van der Waals surface area (Å²) in [6.07, 6.45) is 5.43. The molecule has 2 aromatic heterocycles. The maximum absolute atomic E-state index is 14.0. The summed E-state index contributed by atoms with van der Waals surface area (Å²) in [6, 6.07) is 10.0. The van der Waals surface area contributed by atoms with Crippen molar-refractivity contribution in [1.29, 1.82) is 0 Å². The molecule has 7 rings (SSSR count). The second-order valence-corrected chi connectivity index (χ2v) is 17.0. The van der Waals surface area contributed by atoms with Gasteiger partial charge >= 0.3 is 6.09 Å². The molecular weight excluding hydrogens is 580 g/mol. The number of amides is 2. The molecule has 3 aromatic rings. The van der Waals surface area contributed by atoms with E-state index in [1.165, 1.54) is 63.8 Å². The Morgan fingerprint density at radius 3 is 2.07 bits per heavy atom. The lowest BCUT2D eigenvalue weighted by Crippen LogP contribution is -2.45. The van der Waals surface area contributed by atoms with E-state index in [-0.39, 0.29) is 6.09 Å². The van der Waals surface area contributed by atoms with Crippen LogP contribution in [0.3, 0.4) is 0 Å². The number of nitrogens with one attached hydrogen (secondary N) is 1. The van der Waals surface area contributed by atoms with E-state index in [2.05, 4.69) is 66.7 Å². The maximum Gasteiger partial charge on any atom is 0.410 e. The molecule has 0 spiro atoms. The maximum atomic E-state index is 14.0. The minimum absolute atomic E-state index is 0.177. The fourth-order valence-corrected chi connectivity index (χ4v) is 9.84. The third-order valence-corrected chi connectivity index (χ3v) is 12.2. The highest BCUT2D eigenvalue weighted by Crippen LogP contribution is 2.45. The summed E-state index contributed by atoms with van der Waals surface area (Å²) in [7, 11) is 0. The first-order chi connectivity index (χ1) is 21.3. The van der Waals surface area contributed by atoms with Crippen molar-refractivity contribution in [2.24, 2.45) is 11.8 Å². The van der Waals surface area contributed by atoms with Gasteiger partial charge in [-0.1, -0.05) is 17.2 Å². The monoisotopic (exact) mass is 630 g/mol. The molecule has 2 atom stereocenters. The van der Waals surface area contributed by atoms with Gasteiger partial charge in [0.1, 0.15) is 10.4 Å². The molecule has 6 heterocycles. The SMILES string of the molecule is Cc1cc(C)cc(-c2[nH]c3sc(C(C)(C)C(=O)N4C5CCC4CC5)cc3c2CCN2CC3CN(C(=O)OC(C)(C)C)CC3C2)c1. The van der Waals surface area contributed by atoms with Gasteiger partial charge in [0.05, 0.1) is 11.1 Å². The van der Waals surface area contributed by atoms with Crippen LogP contribution in [0.2, 0.25) is 0 Å². The lowest BCUT2D eigenvalue weighted by molar-refractivity contribution is -0.137. The topological polar surface area (TPSA) is 68.9 Å². The van der Waals surface area contributed by atoms with Crippen LogP contribution in [0.15, 0.2) is 24.3 Å². The number of rotatable bonds is 6. The van der Waals surface area contributed by atoms with Crippen molar-refractivity contribution in [3.63, 3.8) is 0 Å². The standard InChI is InChI=1S/C37H50N4O3S/c1-22-14-23(2)16-24(15-22)32-29(12-13-39-18-25-20-40(21-26(25)19-39)35(43)44-36(3,4)5)30-17-31(45-33(30)38-32)37(6,7)34(42)41-27-8-9-28(41)11-10-27/h14-17,25-28,38H,8-13,18-21H2,1-7H3. The predicted molar refractivity (Wildman–Crippen MR) is 182 cm³/mol. The third-order valence-electron chi connectivity index (χ3n) is 10.8. The summed E-state index contributed by atoms with van der Waals surface area (Å²) in [6.45, 7) is 19.0. The van der Waals surface area contributed by atoms with Crippen LogP contribution in [0, 0.1) is 25.7 Å². The normalized spacial score (nSPS) is 25.1. The van der Waals surface area contributed by atoms with Gasteiger partial charge in [-0.3, -0.25) is 4.79 Å². The Labute approximate surface area is 272 Å². The highest BCUT2D eigenvalue weighted by molar-refractivity contribution is 7.19. The van der Waals surface area contributed by atoms with E-state index in [1.807, 2.05) is 25.7 Å². The molecule has 0 aliphatic carbocycles. The Hall–Kier alpha value is -2.84. The molecule has 1 N–H and O–H groups in total. The zero-order chi connectivity index (χ0) is 31.8. The van der Waals surface area contributed by atoms with Crippen LogP contribution in [0.1, 0.15) is 81.9 Å². The molecule has 4 saturated heterocycles. The molecule has 8 heteroatoms. The number of aromatic amines is 1. The van der Waals surface area contributed by atoms with E-state index in [0.29, 0.717) is 29.8 Å². The fourth-order valence-electron chi connectivity index (χ4n) is 8.66. The highest BCUT2D eigenvalue weighted by Gasteiger charge is 2.47. The Kier molecular flexibility index (Phi) is 7.63. The Morgan fingerprint density at radius 2 is 1.49 bits per heavy atom. The zero-order valence-electron chi connectivity index (χ0n) is 28.2. The highest BCUT2D eigenvalue weighted by atomic mass is 32.1. The number of carbonyl (C=O) groups excluding carboxylic acids is 2. The van der Waals surface area contributed by atoms with Crippen molar-refractivity contribution in [2.75, 3.05) is 32.7 Å². The number of thiophene rings is 1. The van der Waals surface area contributed by atoms with Gasteiger partial charge in [-0.05, 0) is 122 Å². The molecule has 2 bridgehead atoms. The van der Waals surface area contributed by atoms with Crippen molar-refractivity contribution >= 4 is 33.6 Å². The van der Waals surface area contributed by atoms with Gasteiger partial charge in [0.25, 0.3) is 0 Å². The number of H-pyrrole nitrogens is 1. The molecule has 4 aliphatic heterocycles. The number of ether oxygens (including phenoxy) is 1. The summed E-state index contributed by atoms with van der Waals surface area (Å²) >= 11 is 1.76. The van der Waals surface area contributed by atoms with Crippen LogP contribution in [0.25, 0.3) is 21.5 Å². The van der Waals surface area contributed by atoms with Crippen LogP contribution < -0.4 is 0 Å². The number of aromatic nitrogens is 1. The number of nitrogens with zero attached hydrogens (tertiary/aromatic N) is 3. The summed E-state index contributed by atoms with van der Waals surface area (Å²) in [5.41, 5.74) is 5.34. The number of fused-ring (bicyclic) bond motifs is 4. The van der Waals surface area contributed by atoms with E-state index >= 15 is 0 Å². The molecular formula is C37H50N4O3S. The predicted octanol–water partition coefficient (Wildman–Crippen LogP) is 7.29. The average Bonchev–Trinajstić information content (AvgIpc) is 3.78. The number of carbonyl (C=O) groups is 2. The number of hydrogen-bond donors (Lipinski definition) is 1. The van der Waals surface area contributed by atoms with Crippen LogP contribution in [-0.2, 0) is 21.4 Å². The zero-order valence-corrected chi connectivity index (χ0v) is 29.0. The first-order valence-electron chi connectivity index (χ1n) is 17.0. The minimum Gasteiger partial charge on any atom is -0.444 e. The molecule has 2 unspecified atom stereocenters. The molecule has 7 nitrogen and oxygen atoms in total. The number of benzene rings is 1. The number of likely N-dealkylation sites (tertiary alicyclic amines) is 2. The fraction of sp³-hybridized carbons (Fsp3) is 0.622. The molecule has 4 fully saturated rings. The van der Waals surface area contributed by atoms with Gasteiger partial charge in [-0.25, -0.2) is 4.79 Å². The second kappa shape index (κ2) is 11.2. The first-order valence-corrected chi connectivity index (χ1v) is 17.8. The van der Waals surface area contributed by atoms with E-state index in [0.717, 1.165) is 44.0 Å². The van der Waals surface area contributed by atoms with Crippen LogP contribution in [0.4, 0.5) is 4.79 Å². The van der Waals surface area contributed by atoms with E-state index in [4.69, 9.17) is 4.74 Å². The Bertz CT molecular complexity index is 1580. The summed E-state index contributed by atoms with van der Waals surface area (Å²) in [5.74, 6) is 1.31. The number of aryl methyl sites for hydroxylation is 2. The molecule has 45 heavy (non-hydrogen) atoms. The quantitative estimate of drug-likeness (QED) is 0.311. The molecule has 0 radical (unpaired) electrons. The minimum atomic E-state index is -0.542. The lowest BCUT2D eigenvalue weighted by Gasteiger charge is -2.31. The van der Waals surface area contributed by atoms with Gasteiger partial charge in [0.15, 0.2) is 0 Å². The van der Waals surface area contributed by atoms with E-state index < -0.39 is 11.0 Å². The molecule has 1 aromatic carbocycles. The van der Waals surface area contributed by atoms with E-state index in [1.54, 1.807) is 11.3 Å². The van der Waals surface area contributed by atoms with Crippen molar-refractivity contribution < 1.29 is 14.3 Å². The lowest BCUT2D eigenvalue weighted by atomic mass is 9.88. The van der Waals surface area contributed by atoms with Crippen molar-refractivity contribution in [3.05, 3.63) is 45.8 Å². The van der Waals surface area contributed by atoms with Gasteiger partial charge in [-0.2, -0.15) is 0 Å². The summed E-state index contributed by atoms with van der Waals surface area (Å²) in [4.78, 5) is 39.6. The Balaban J connectivity index is 1.12. The van der Waals surface area contributed by atoms with Crippen molar-refractivity contribution in [2.45, 2.75) is 104 Å². The second-order valence-electron chi connectivity index (χ2n) is 15.9. The molecule has 2 amide bonds. The largest absolute Gasteiger partial charge is 0.444 e. The van der Waals surface area contributed by atoms with Crippen LogP contribution in [-0.4, -0.2) is 82.1 Å². The van der Waals surface area contributed by atoms with Gasteiger partial charge < -0.3 is 24.4 Å². The average molecular weight is 631 g/mol. The molecule has 242 valence electrons. The third kappa shape index (κ3) is 5.71. The number of hydrogen-bond acceptors (Lipinski definition) is 5. The Morgan fingerprint density at radius 1 is 0.889 bits per heavy atom. The van der Waals surface area contributed by atoms with E-state index in [9.17, 15) is 9.59 Å². The first kappa shape index (κ1) is 30.8. The van der Waals surface area contributed by atoms with Gasteiger partial charge in [0.2, 0.25) is 5.91 Å². The summed E-state index contributed by atoms with van der Waals surface area (Å²) in [5, 5.41) is 1.27. The molecule has 4 aliphatic rings. The molecule has 0 saturated carbocycles.